The van der Waals surface area contributed by atoms with Crippen molar-refractivity contribution in [3.63, 3.8) is 0 Å². The summed E-state index contributed by atoms with van der Waals surface area (Å²) in [5.41, 5.74) is 5.75. The number of sulfonamides is 1. The van der Waals surface area contributed by atoms with Crippen LogP contribution in [-0.2, 0) is 19.5 Å². The minimum atomic E-state index is -3.65. The number of hydrogen-bond donors (Lipinski definition) is 2. The van der Waals surface area contributed by atoms with E-state index in [2.05, 4.69) is 16.6 Å². The summed E-state index contributed by atoms with van der Waals surface area (Å²) in [5, 5.41) is 0. The second-order valence-electron chi connectivity index (χ2n) is 4.42. The van der Waals surface area contributed by atoms with E-state index < -0.39 is 10.0 Å². The molecule has 3 N–H and O–H groups in total. The topological polar surface area (TPSA) is 90.7 Å². The molecule has 0 radical (unpaired) electrons. The lowest BCUT2D eigenvalue weighted by Gasteiger charge is -2.23. The minimum Gasteiger partial charge on any atom is -0.376 e. The molecule has 1 saturated heterocycles. The van der Waals surface area contributed by atoms with Crippen LogP contribution in [0.15, 0.2) is 29.2 Å². The van der Waals surface area contributed by atoms with E-state index in [1.54, 1.807) is 18.2 Å². The molecule has 1 fully saturated rings. The third-order valence-corrected chi connectivity index (χ3v) is 4.37. The molecule has 1 aliphatic heterocycles. The lowest BCUT2D eigenvalue weighted by molar-refractivity contribution is -0.0846. The van der Waals surface area contributed by atoms with Gasteiger partial charge in [-0.2, -0.15) is 0 Å². The van der Waals surface area contributed by atoms with Crippen molar-refractivity contribution in [3.8, 4) is 11.8 Å². The van der Waals surface area contributed by atoms with Gasteiger partial charge in [-0.05, 0) is 12.1 Å². The van der Waals surface area contributed by atoms with Crippen LogP contribution >= 0.6 is 0 Å². The van der Waals surface area contributed by atoms with Crippen molar-refractivity contribution in [2.45, 2.75) is 11.0 Å². The van der Waals surface area contributed by atoms with Crippen LogP contribution in [0.4, 0.5) is 0 Å². The Morgan fingerprint density at radius 3 is 2.86 bits per heavy atom. The Hall–Kier alpha value is -1.43. The van der Waals surface area contributed by atoms with E-state index in [1.807, 2.05) is 0 Å². The van der Waals surface area contributed by atoms with Crippen LogP contribution in [0, 0.1) is 11.8 Å². The number of rotatable bonds is 4. The van der Waals surface area contributed by atoms with Crippen LogP contribution < -0.4 is 10.5 Å². The monoisotopic (exact) mass is 310 g/mol. The van der Waals surface area contributed by atoms with Gasteiger partial charge in [-0.15, -0.1) is 0 Å². The Balaban J connectivity index is 2.11. The Morgan fingerprint density at radius 1 is 1.33 bits per heavy atom. The predicted molar refractivity (Wildman–Crippen MR) is 78.1 cm³/mol. The van der Waals surface area contributed by atoms with Crippen molar-refractivity contribution < 1.29 is 17.9 Å². The van der Waals surface area contributed by atoms with Gasteiger partial charge in [0, 0.05) is 12.1 Å². The van der Waals surface area contributed by atoms with Crippen LogP contribution in [0.25, 0.3) is 0 Å². The predicted octanol–water partition coefficient (Wildman–Crippen LogP) is -0.310. The van der Waals surface area contributed by atoms with Crippen LogP contribution in [0.2, 0.25) is 0 Å². The third kappa shape index (κ3) is 4.52. The molecule has 21 heavy (non-hydrogen) atoms. The fraction of sp³-hybridized carbons (Fsp3) is 0.429. The molecule has 1 heterocycles. The summed E-state index contributed by atoms with van der Waals surface area (Å²) < 4.78 is 37.9. The van der Waals surface area contributed by atoms with Gasteiger partial charge in [0.2, 0.25) is 10.0 Å². The number of benzene rings is 1. The highest BCUT2D eigenvalue weighted by molar-refractivity contribution is 7.89. The van der Waals surface area contributed by atoms with E-state index in [4.69, 9.17) is 15.2 Å². The van der Waals surface area contributed by atoms with E-state index in [0.717, 1.165) is 0 Å². The van der Waals surface area contributed by atoms with Crippen molar-refractivity contribution in [2.75, 3.05) is 32.9 Å². The molecule has 7 heteroatoms. The second kappa shape index (κ2) is 7.54. The number of nitrogens with one attached hydrogen (secondary N) is 1. The molecule has 6 nitrogen and oxygen atoms in total. The standard InChI is InChI=1S/C14H18N2O4S/c15-7-3-5-12-4-1-2-6-14(12)21(17,18)16-10-13-11-19-8-9-20-13/h1-2,4,6,13,16H,7-11,15H2. The zero-order chi connectivity index (χ0) is 15.1. The first kappa shape index (κ1) is 15.9. The molecule has 1 aliphatic rings. The second-order valence-corrected chi connectivity index (χ2v) is 6.16. The normalized spacial score (nSPS) is 18.8. The first-order valence-corrected chi connectivity index (χ1v) is 8.09. The van der Waals surface area contributed by atoms with Crippen molar-refractivity contribution in [2.24, 2.45) is 5.73 Å². The average Bonchev–Trinajstić information content (AvgIpc) is 2.52. The van der Waals surface area contributed by atoms with Crippen LogP contribution in [0.1, 0.15) is 5.56 Å². The van der Waals surface area contributed by atoms with Crippen molar-refractivity contribution in [3.05, 3.63) is 29.8 Å². The zero-order valence-electron chi connectivity index (χ0n) is 11.5. The molecular weight excluding hydrogens is 292 g/mol. The van der Waals surface area contributed by atoms with Gasteiger partial charge in [0.1, 0.15) is 0 Å². The molecule has 114 valence electrons. The van der Waals surface area contributed by atoms with Gasteiger partial charge in [-0.3, -0.25) is 0 Å². The molecule has 0 aromatic heterocycles. The van der Waals surface area contributed by atoms with Gasteiger partial charge in [-0.25, -0.2) is 13.1 Å². The molecule has 1 unspecified atom stereocenters. The van der Waals surface area contributed by atoms with Gasteiger partial charge >= 0.3 is 0 Å². The van der Waals surface area contributed by atoms with Crippen molar-refractivity contribution in [1.82, 2.24) is 4.72 Å². The highest BCUT2D eigenvalue weighted by Gasteiger charge is 2.21. The molecule has 0 aliphatic carbocycles. The summed E-state index contributed by atoms with van der Waals surface area (Å²) in [5.74, 6) is 5.43. The van der Waals surface area contributed by atoms with Crippen molar-refractivity contribution >= 4 is 10.0 Å². The maximum atomic E-state index is 12.4. The number of hydrogen-bond acceptors (Lipinski definition) is 5. The molecule has 0 bridgehead atoms. The summed E-state index contributed by atoms with van der Waals surface area (Å²) in [6, 6.07) is 6.55. The minimum absolute atomic E-state index is 0.141. The highest BCUT2D eigenvalue weighted by Crippen LogP contribution is 2.14. The Bertz CT molecular complexity index is 628. The molecule has 0 amide bonds. The van der Waals surface area contributed by atoms with Crippen LogP contribution in [0.5, 0.6) is 0 Å². The largest absolute Gasteiger partial charge is 0.376 e. The van der Waals surface area contributed by atoms with Gasteiger partial charge < -0.3 is 15.2 Å². The quantitative estimate of drug-likeness (QED) is 0.745. The van der Waals surface area contributed by atoms with Gasteiger partial charge in [0.05, 0.1) is 37.4 Å². The average molecular weight is 310 g/mol. The first-order chi connectivity index (χ1) is 10.1. The highest BCUT2D eigenvalue weighted by atomic mass is 32.2. The van der Waals surface area contributed by atoms with Gasteiger partial charge in [0.15, 0.2) is 0 Å². The third-order valence-electron chi connectivity index (χ3n) is 2.89. The maximum absolute atomic E-state index is 12.4. The number of ether oxygens (including phenoxy) is 2. The molecular formula is C14H18N2O4S. The zero-order valence-corrected chi connectivity index (χ0v) is 12.4. The fourth-order valence-corrected chi connectivity index (χ4v) is 3.11. The summed E-state index contributed by atoms with van der Waals surface area (Å²) in [7, 11) is -3.65. The molecule has 0 saturated carbocycles. The summed E-state index contributed by atoms with van der Waals surface area (Å²) in [6.07, 6.45) is -0.268. The smallest absolute Gasteiger partial charge is 0.241 e. The molecule has 2 rings (SSSR count). The van der Waals surface area contributed by atoms with Gasteiger partial charge in [0.25, 0.3) is 0 Å². The van der Waals surface area contributed by atoms with E-state index in [1.165, 1.54) is 6.07 Å². The fourth-order valence-electron chi connectivity index (χ4n) is 1.89. The summed E-state index contributed by atoms with van der Waals surface area (Å²) in [4.78, 5) is 0.141. The lowest BCUT2D eigenvalue weighted by atomic mass is 10.2. The SMILES string of the molecule is NCC#Cc1ccccc1S(=O)(=O)NCC1COCCO1. The van der Waals surface area contributed by atoms with E-state index in [-0.39, 0.29) is 24.1 Å². The molecule has 1 aromatic carbocycles. The summed E-state index contributed by atoms with van der Waals surface area (Å²) >= 11 is 0. The molecule has 1 atom stereocenters. The Kier molecular flexibility index (Phi) is 5.73. The maximum Gasteiger partial charge on any atom is 0.241 e. The Morgan fingerprint density at radius 2 is 2.14 bits per heavy atom. The molecule has 1 aromatic rings. The van der Waals surface area contributed by atoms with Gasteiger partial charge in [-0.1, -0.05) is 24.0 Å². The Labute approximate surface area is 124 Å². The van der Waals surface area contributed by atoms with E-state index >= 15 is 0 Å². The van der Waals surface area contributed by atoms with E-state index in [9.17, 15) is 8.42 Å². The van der Waals surface area contributed by atoms with Crippen molar-refractivity contribution in [1.29, 1.82) is 0 Å². The van der Waals surface area contributed by atoms with E-state index in [0.29, 0.717) is 25.4 Å². The van der Waals surface area contributed by atoms with Crippen LogP contribution in [0.3, 0.4) is 0 Å². The molecule has 0 spiro atoms. The number of nitrogens with two attached hydrogens (primary N) is 1. The lowest BCUT2D eigenvalue weighted by Crippen LogP contribution is -2.39. The first-order valence-electron chi connectivity index (χ1n) is 6.60. The van der Waals surface area contributed by atoms with Crippen LogP contribution in [-0.4, -0.2) is 47.4 Å². The summed E-state index contributed by atoms with van der Waals surface area (Å²) in [6.45, 7) is 1.75.